The van der Waals surface area contributed by atoms with Crippen LogP contribution in [0.4, 0.5) is 0 Å². The van der Waals surface area contributed by atoms with Gasteiger partial charge in [-0.25, -0.2) is 0 Å². The summed E-state index contributed by atoms with van der Waals surface area (Å²) in [6.07, 6.45) is 0. The molecule has 3 nitrogen and oxygen atoms in total. The molecule has 9 heteroatoms. The third kappa shape index (κ3) is 58.8. The van der Waals surface area contributed by atoms with Crippen molar-refractivity contribution in [1.82, 2.24) is 0 Å². The molecule has 0 radical (unpaired) electrons. The van der Waals surface area contributed by atoms with Gasteiger partial charge in [-0.15, -0.1) is 0 Å². The largest absolute Gasteiger partial charge is 2.00 e. The molecular formula is H11AlCaKNaO3SiSr. The molecule has 0 aromatic heterocycles. The zero-order chi connectivity index (χ0) is 3.58. The Hall–Kier alpha value is 5.53. The maximum absolute atomic E-state index is 8.74. The van der Waals surface area contributed by atoms with Crippen LogP contribution in [0.2, 0.25) is 0 Å². The van der Waals surface area contributed by atoms with Crippen molar-refractivity contribution in [3.63, 3.8) is 0 Å². The molecular weight excluding hydrogens is 293 g/mol. The number of rotatable bonds is 0. The summed E-state index contributed by atoms with van der Waals surface area (Å²) < 4.78 is 8.74. The molecule has 0 heterocycles. The molecule has 0 aromatic rings. The van der Waals surface area contributed by atoms with Crippen LogP contribution < -0.4 is 80.9 Å². The second-order valence-electron chi connectivity index (χ2n) is 0.283. The molecule has 2 N–H and O–H groups in total. The van der Waals surface area contributed by atoms with Gasteiger partial charge >= 0.3 is 173 Å². The predicted molar refractivity (Wildman–Crippen MR) is 39.0 cm³/mol. The van der Waals surface area contributed by atoms with Crippen molar-refractivity contribution in [3.8, 4) is 0 Å². The fourth-order valence-electron chi connectivity index (χ4n) is 0. The average Bonchev–Trinajstić information content (AvgIpc) is 0.811. The summed E-state index contributed by atoms with van der Waals surface area (Å²) >= 11 is 0. The molecule has 9 heavy (non-hydrogen) atoms. The molecule has 0 atom stereocenters. The van der Waals surface area contributed by atoms with Crippen LogP contribution in [0.15, 0.2) is 0 Å². The van der Waals surface area contributed by atoms with E-state index in [1.54, 1.807) is 0 Å². The van der Waals surface area contributed by atoms with E-state index < -0.39 is 9.17 Å². The first-order valence-corrected chi connectivity index (χ1v) is 1.95. The van der Waals surface area contributed by atoms with Crippen LogP contribution >= 0.6 is 0 Å². The Morgan fingerprint density at radius 2 is 1.33 bits per heavy atom. The Bertz CT molecular complexity index is 61.4. The second-order valence-corrected chi connectivity index (χ2v) is 0.848. The zero-order valence-corrected chi connectivity index (χ0v) is 17.0. The van der Waals surface area contributed by atoms with Gasteiger partial charge in [0.2, 0.25) is 0 Å². The van der Waals surface area contributed by atoms with Crippen molar-refractivity contribution in [2.24, 2.45) is 0 Å². The molecule has 0 aromatic carbocycles. The Morgan fingerprint density at radius 3 is 1.33 bits per heavy atom. The van der Waals surface area contributed by atoms with E-state index in [4.69, 9.17) is 14.1 Å². The summed E-state index contributed by atoms with van der Waals surface area (Å²) in [6, 6.07) is 0. The Kier molecular flexibility index (Phi) is 119. The molecule has 0 unspecified atom stereocenters. The maximum atomic E-state index is 8.74. The summed E-state index contributed by atoms with van der Waals surface area (Å²) in [7, 11) is -3.13. The van der Waals surface area contributed by atoms with Gasteiger partial charge in [0.25, 0.3) is 0 Å². The van der Waals surface area contributed by atoms with Crippen LogP contribution in [0.3, 0.4) is 0 Å². The quantitative estimate of drug-likeness (QED) is 0.437. The first kappa shape index (κ1) is 36.6. The zero-order valence-electron chi connectivity index (χ0n) is 11.2. The van der Waals surface area contributed by atoms with E-state index >= 15 is 0 Å². The first-order valence-electron chi connectivity index (χ1n) is 0.651. The predicted octanol–water partition coefficient (Wildman–Crippen LogP) is -8.88. The summed E-state index contributed by atoms with van der Waals surface area (Å²) in [5.41, 5.74) is 0. The summed E-state index contributed by atoms with van der Waals surface area (Å²) in [6.45, 7) is 0. The minimum absolute atomic E-state index is 0. The summed E-state index contributed by atoms with van der Waals surface area (Å²) in [4.78, 5) is 14.3. The van der Waals surface area contributed by atoms with Crippen molar-refractivity contribution < 1.29 is 104 Å². The minimum Gasteiger partial charge on any atom is -1.00 e. The average molecular weight is 304 g/mol. The van der Waals surface area contributed by atoms with E-state index in [2.05, 4.69) is 0 Å². The standard InChI is InChI=1S/Al.Ca.K.Na.H2O3Si.Sr.9H/c;;;;1-4(2)3;;;;;;;;;;/h;;;;1-2H;;;;;;;;;;/q;+2;2*+1;;+2;;;;6*-1. The molecule has 0 fully saturated rings. The topological polar surface area (TPSA) is 57.5 Å². The van der Waals surface area contributed by atoms with E-state index in [9.17, 15) is 0 Å². The molecule has 0 saturated carbocycles. The van der Waals surface area contributed by atoms with Crippen molar-refractivity contribution >= 4 is 110 Å². The van der Waals surface area contributed by atoms with Gasteiger partial charge in [-0.3, -0.25) is 4.46 Å². The fraction of sp³-hybridized carbons (Fsp3) is 0. The maximum Gasteiger partial charge on any atom is 2.00 e. The SMILES string of the molecule is O=[Si](O)O.[AlH3].[Ca+2].[H-].[H-].[H-].[H-].[H-].[H-].[K+].[Na+].[Sr+2]. The fourth-order valence-corrected chi connectivity index (χ4v) is 0. The summed E-state index contributed by atoms with van der Waals surface area (Å²) in [5, 5.41) is 0. The van der Waals surface area contributed by atoms with Gasteiger partial charge in [0.1, 0.15) is 0 Å². The van der Waals surface area contributed by atoms with Crippen LogP contribution in [0.25, 0.3) is 0 Å². The van der Waals surface area contributed by atoms with Crippen LogP contribution in [-0.2, 0) is 4.46 Å². The van der Waals surface area contributed by atoms with Gasteiger partial charge < -0.3 is 18.2 Å². The van der Waals surface area contributed by atoms with Crippen LogP contribution in [0.5, 0.6) is 0 Å². The minimum atomic E-state index is -3.13. The van der Waals surface area contributed by atoms with Gasteiger partial charge in [0, 0.05) is 0 Å². The molecule has 42 valence electrons. The molecule has 0 spiro atoms. The van der Waals surface area contributed by atoms with E-state index in [0.717, 1.165) is 0 Å². The van der Waals surface area contributed by atoms with E-state index in [1.807, 2.05) is 0 Å². The normalized spacial score (nSPS) is 2.67. The van der Waals surface area contributed by atoms with Crippen LogP contribution in [0, 0.1) is 0 Å². The smallest absolute Gasteiger partial charge is 1.00 e. The van der Waals surface area contributed by atoms with Gasteiger partial charge in [-0.05, 0) is 0 Å². The molecule has 0 aliphatic carbocycles. The van der Waals surface area contributed by atoms with Crippen LogP contribution in [0.1, 0.15) is 8.56 Å². The van der Waals surface area contributed by atoms with Crippen LogP contribution in [-0.4, -0.2) is 119 Å². The van der Waals surface area contributed by atoms with E-state index in [0.29, 0.717) is 0 Å². The molecule has 0 saturated heterocycles. The van der Waals surface area contributed by atoms with Crippen molar-refractivity contribution in [2.75, 3.05) is 0 Å². The third-order valence-electron chi connectivity index (χ3n) is 0. The van der Waals surface area contributed by atoms with Gasteiger partial charge in [0.05, 0.1) is 0 Å². The molecule has 0 bridgehead atoms. The number of hydrogen-bond acceptors (Lipinski definition) is 1. The van der Waals surface area contributed by atoms with E-state index in [-0.39, 0.29) is 190 Å². The van der Waals surface area contributed by atoms with Crippen molar-refractivity contribution in [2.45, 2.75) is 0 Å². The Morgan fingerprint density at radius 1 is 1.33 bits per heavy atom. The third-order valence-corrected chi connectivity index (χ3v) is 0. The van der Waals surface area contributed by atoms with Crippen molar-refractivity contribution in [3.05, 3.63) is 0 Å². The van der Waals surface area contributed by atoms with Crippen molar-refractivity contribution in [1.29, 1.82) is 0 Å². The Balaban J connectivity index is -0.000000000818. The number of hydrogen-bond donors (Lipinski definition) is 2. The monoisotopic (exact) mass is 304 g/mol. The van der Waals surface area contributed by atoms with Gasteiger partial charge in [-0.2, -0.15) is 0 Å². The Labute approximate surface area is 207 Å². The molecule has 0 amide bonds. The molecule has 0 aliphatic heterocycles. The second kappa shape index (κ2) is 29.2. The molecule has 0 aliphatic rings. The summed E-state index contributed by atoms with van der Waals surface area (Å²) in [5.74, 6) is 0. The van der Waals surface area contributed by atoms with Gasteiger partial charge in [0.15, 0.2) is 17.4 Å². The van der Waals surface area contributed by atoms with Gasteiger partial charge in [-0.1, -0.05) is 0 Å². The van der Waals surface area contributed by atoms with E-state index in [1.165, 1.54) is 0 Å². The first-order chi connectivity index (χ1) is 1.73. The molecule has 0 rings (SSSR count).